The van der Waals surface area contributed by atoms with E-state index < -0.39 is 0 Å². The van der Waals surface area contributed by atoms with Gasteiger partial charge in [-0.05, 0) is 24.3 Å². The van der Waals surface area contributed by atoms with Gasteiger partial charge in [0.05, 0.1) is 18.8 Å². The van der Waals surface area contributed by atoms with Crippen LogP contribution >= 0.6 is 0 Å². The van der Waals surface area contributed by atoms with Crippen LogP contribution in [0.4, 0.5) is 0 Å². The average Bonchev–Trinajstić information content (AvgIpc) is 2.61. The molecular weight excluding hydrogens is 280 g/mol. The number of aromatic nitrogens is 1. The first-order valence-corrected chi connectivity index (χ1v) is 7.31. The van der Waals surface area contributed by atoms with Crippen molar-refractivity contribution in [1.82, 2.24) is 9.88 Å². The summed E-state index contributed by atoms with van der Waals surface area (Å²) in [5.74, 6) is 0.665. The molecule has 0 aliphatic carbocycles. The van der Waals surface area contributed by atoms with Crippen LogP contribution in [-0.2, 0) is 9.53 Å². The lowest BCUT2D eigenvalue weighted by atomic mass is 10.2. The van der Waals surface area contributed by atoms with Crippen LogP contribution in [0.2, 0.25) is 0 Å². The molecule has 0 N–H and O–H groups in total. The van der Waals surface area contributed by atoms with Crippen LogP contribution in [-0.4, -0.2) is 42.1 Å². The van der Waals surface area contributed by atoms with Crippen molar-refractivity contribution in [3.05, 3.63) is 60.4 Å². The molecule has 5 nitrogen and oxygen atoms in total. The lowest BCUT2D eigenvalue weighted by Crippen LogP contribution is -2.44. The van der Waals surface area contributed by atoms with Gasteiger partial charge in [0.25, 0.3) is 5.91 Å². The first-order chi connectivity index (χ1) is 10.8. The molecule has 1 amide bonds. The largest absolute Gasteiger partial charge is 0.484 e. The summed E-state index contributed by atoms with van der Waals surface area (Å²) in [7, 11) is 0. The summed E-state index contributed by atoms with van der Waals surface area (Å²) in [5, 5.41) is 0. The second-order valence-corrected chi connectivity index (χ2v) is 5.06. The highest BCUT2D eigenvalue weighted by Crippen LogP contribution is 2.20. The smallest absolute Gasteiger partial charge is 0.260 e. The molecule has 1 atom stereocenters. The second-order valence-electron chi connectivity index (χ2n) is 5.06. The number of carbonyl (C=O) groups excluding carboxylic acids is 1. The Bertz CT molecular complexity index is 604. The van der Waals surface area contributed by atoms with Crippen LogP contribution in [0, 0.1) is 0 Å². The molecule has 0 saturated carbocycles. The van der Waals surface area contributed by atoms with Gasteiger partial charge < -0.3 is 14.4 Å². The zero-order valence-electron chi connectivity index (χ0n) is 12.2. The fourth-order valence-corrected chi connectivity index (χ4v) is 2.37. The minimum atomic E-state index is -0.171. The number of carbonyl (C=O) groups is 1. The Morgan fingerprint density at radius 1 is 1.23 bits per heavy atom. The third-order valence-electron chi connectivity index (χ3n) is 3.54. The van der Waals surface area contributed by atoms with Crippen molar-refractivity contribution in [2.75, 3.05) is 26.3 Å². The molecular formula is C17H18N2O3. The summed E-state index contributed by atoms with van der Waals surface area (Å²) >= 11 is 0. The fraction of sp³-hybridized carbons (Fsp3) is 0.294. The summed E-state index contributed by atoms with van der Waals surface area (Å²) in [6.07, 6.45) is 1.56. The number of ether oxygens (including phenoxy) is 2. The standard InChI is InChI=1S/C17H18N2O3/c20-17(13-22-14-6-2-1-3-7-14)19-10-11-21-16(12-19)15-8-4-5-9-18-15/h1-9,16H,10-13H2/t16-/m1/s1. The molecule has 0 unspecified atom stereocenters. The van der Waals surface area contributed by atoms with Crippen molar-refractivity contribution in [1.29, 1.82) is 0 Å². The third-order valence-corrected chi connectivity index (χ3v) is 3.54. The molecule has 1 fully saturated rings. The zero-order chi connectivity index (χ0) is 15.2. The number of rotatable bonds is 4. The monoisotopic (exact) mass is 298 g/mol. The van der Waals surface area contributed by atoms with E-state index in [1.54, 1.807) is 11.1 Å². The Balaban J connectivity index is 1.56. The number of hydrogen-bond donors (Lipinski definition) is 0. The number of benzene rings is 1. The van der Waals surface area contributed by atoms with E-state index in [-0.39, 0.29) is 18.6 Å². The molecule has 1 aliphatic rings. The van der Waals surface area contributed by atoms with Gasteiger partial charge in [0.2, 0.25) is 0 Å². The molecule has 1 aliphatic heterocycles. The minimum Gasteiger partial charge on any atom is -0.484 e. The molecule has 114 valence electrons. The maximum atomic E-state index is 12.3. The molecule has 2 aromatic rings. The highest BCUT2D eigenvalue weighted by atomic mass is 16.5. The molecule has 0 radical (unpaired) electrons. The fourth-order valence-electron chi connectivity index (χ4n) is 2.37. The Labute approximate surface area is 129 Å². The molecule has 1 saturated heterocycles. The van der Waals surface area contributed by atoms with E-state index in [4.69, 9.17) is 9.47 Å². The lowest BCUT2D eigenvalue weighted by molar-refractivity contribution is -0.141. The van der Waals surface area contributed by atoms with Crippen molar-refractivity contribution in [3.8, 4) is 5.75 Å². The van der Waals surface area contributed by atoms with Gasteiger partial charge in [-0.25, -0.2) is 0 Å². The van der Waals surface area contributed by atoms with Gasteiger partial charge >= 0.3 is 0 Å². The van der Waals surface area contributed by atoms with Crippen LogP contribution in [0.25, 0.3) is 0 Å². The quantitative estimate of drug-likeness (QED) is 0.867. The summed E-state index contributed by atoms with van der Waals surface area (Å²) in [6.45, 7) is 1.64. The zero-order valence-corrected chi connectivity index (χ0v) is 12.2. The van der Waals surface area contributed by atoms with Crippen LogP contribution in [0.15, 0.2) is 54.7 Å². The van der Waals surface area contributed by atoms with Gasteiger partial charge in [0, 0.05) is 12.7 Å². The molecule has 3 rings (SSSR count). The summed E-state index contributed by atoms with van der Waals surface area (Å²) in [4.78, 5) is 18.3. The molecule has 2 heterocycles. The minimum absolute atomic E-state index is 0.0342. The molecule has 22 heavy (non-hydrogen) atoms. The van der Waals surface area contributed by atoms with E-state index in [2.05, 4.69) is 4.98 Å². The highest BCUT2D eigenvalue weighted by Gasteiger charge is 2.26. The second kappa shape index (κ2) is 7.04. The van der Waals surface area contributed by atoms with Crippen LogP contribution in [0.1, 0.15) is 11.8 Å². The molecule has 1 aromatic carbocycles. The Morgan fingerprint density at radius 2 is 2.05 bits per heavy atom. The maximum Gasteiger partial charge on any atom is 0.260 e. The molecule has 0 spiro atoms. The predicted molar refractivity (Wildman–Crippen MR) is 81.4 cm³/mol. The number of pyridine rings is 1. The molecule has 0 bridgehead atoms. The highest BCUT2D eigenvalue weighted by molar-refractivity contribution is 5.77. The van der Waals surface area contributed by atoms with Crippen LogP contribution < -0.4 is 4.74 Å². The normalized spacial score (nSPS) is 18.0. The number of nitrogens with zero attached hydrogens (tertiary/aromatic N) is 2. The molecule has 1 aromatic heterocycles. The Kier molecular flexibility index (Phi) is 4.65. The maximum absolute atomic E-state index is 12.3. The van der Waals surface area contributed by atoms with Crippen molar-refractivity contribution in [3.63, 3.8) is 0 Å². The number of amides is 1. The van der Waals surface area contributed by atoms with E-state index in [9.17, 15) is 4.79 Å². The number of morpholine rings is 1. The summed E-state index contributed by atoms with van der Waals surface area (Å²) in [6, 6.07) is 15.0. The first kappa shape index (κ1) is 14.5. The van der Waals surface area contributed by atoms with Crippen molar-refractivity contribution in [2.24, 2.45) is 0 Å². The first-order valence-electron chi connectivity index (χ1n) is 7.31. The van der Waals surface area contributed by atoms with E-state index in [0.29, 0.717) is 25.4 Å². The van der Waals surface area contributed by atoms with Gasteiger partial charge in [-0.2, -0.15) is 0 Å². The van der Waals surface area contributed by atoms with E-state index in [0.717, 1.165) is 5.69 Å². The van der Waals surface area contributed by atoms with Crippen LogP contribution in [0.3, 0.4) is 0 Å². The number of hydrogen-bond acceptors (Lipinski definition) is 4. The van der Waals surface area contributed by atoms with Gasteiger partial charge in [-0.3, -0.25) is 9.78 Å². The topological polar surface area (TPSA) is 51.7 Å². The Morgan fingerprint density at radius 3 is 2.82 bits per heavy atom. The van der Waals surface area contributed by atoms with Crippen molar-refractivity contribution < 1.29 is 14.3 Å². The van der Waals surface area contributed by atoms with Gasteiger partial charge in [-0.1, -0.05) is 24.3 Å². The van der Waals surface area contributed by atoms with E-state index in [1.807, 2.05) is 48.5 Å². The Hall–Kier alpha value is -2.40. The number of para-hydroxylation sites is 1. The molecule has 5 heteroatoms. The summed E-state index contributed by atoms with van der Waals surface area (Å²) < 4.78 is 11.2. The van der Waals surface area contributed by atoms with Crippen molar-refractivity contribution >= 4 is 5.91 Å². The van der Waals surface area contributed by atoms with Crippen molar-refractivity contribution in [2.45, 2.75) is 6.10 Å². The lowest BCUT2D eigenvalue weighted by Gasteiger charge is -2.32. The van der Waals surface area contributed by atoms with Gasteiger partial charge in [0.1, 0.15) is 11.9 Å². The third kappa shape index (κ3) is 3.62. The van der Waals surface area contributed by atoms with E-state index >= 15 is 0 Å². The SMILES string of the molecule is O=C(COc1ccccc1)N1CCO[C@@H](c2ccccn2)C1. The van der Waals surface area contributed by atoms with Gasteiger partial charge in [-0.15, -0.1) is 0 Å². The van der Waals surface area contributed by atoms with Gasteiger partial charge in [0.15, 0.2) is 6.61 Å². The predicted octanol–water partition coefficient (Wildman–Crippen LogP) is 2.06. The van der Waals surface area contributed by atoms with E-state index in [1.165, 1.54) is 0 Å². The summed E-state index contributed by atoms with van der Waals surface area (Å²) in [5.41, 5.74) is 0.851. The average molecular weight is 298 g/mol. The van der Waals surface area contributed by atoms with Crippen LogP contribution in [0.5, 0.6) is 5.75 Å².